The van der Waals surface area contributed by atoms with Crippen molar-refractivity contribution in [2.24, 2.45) is 0 Å². The quantitative estimate of drug-likeness (QED) is 0.744. The van der Waals surface area contributed by atoms with Gasteiger partial charge in [0.25, 0.3) is 0 Å². The van der Waals surface area contributed by atoms with Crippen LogP contribution >= 0.6 is 0 Å². The summed E-state index contributed by atoms with van der Waals surface area (Å²) in [7, 11) is 0. The first-order valence-corrected chi connectivity index (χ1v) is 4.72. The van der Waals surface area contributed by atoms with E-state index in [4.69, 9.17) is 0 Å². The number of pyridine rings is 1. The number of hydrogen-bond acceptors (Lipinski definition) is 3. The Balaban J connectivity index is 2.35. The Hall–Kier alpha value is -1.00. The maximum atomic E-state index is 13.0. The van der Waals surface area contributed by atoms with Crippen LogP contribution in [0.5, 0.6) is 0 Å². The van der Waals surface area contributed by atoms with Crippen LogP contribution in [0.2, 0.25) is 0 Å². The zero-order valence-corrected chi connectivity index (χ0v) is 8.20. The largest absolute Gasteiger partial charge is 0.392 e. The molecule has 1 atom stereocenters. The predicted molar refractivity (Wildman–Crippen MR) is 52.2 cm³/mol. The Morgan fingerprint density at radius 3 is 3.07 bits per heavy atom. The first-order chi connectivity index (χ1) is 6.74. The van der Waals surface area contributed by atoms with E-state index in [-0.39, 0.29) is 11.9 Å². The van der Waals surface area contributed by atoms with Crippen LogP contribution in [0.4, 0.5) is 4.39 Å². The van der Waals surface area contributed by atoms with Gasteiger partial charge in [0.15, 0.2) is 0 Å². The average Bonchev–Trinajstić information content (AvgIpc) is 2.20. The fourth-order valence-corrected chi connectivity index (χ4v) is 1.05. The van der Waals surface area contributed by atoms with Crippen molar-refractivity contribution in [3.05, 3.63) is 29.8 Å². The van der Waals surface area contributed by atoms with Gasteiger partial charge < -0.3 is 10.4 Å². The highest BCUT2D eigenvalue weighted by Gasteiger charge is 2.03. The Labute approximate surface area is 83.0 Å². The Bertz CT molecular complexity index is 281. The normalized spacial score (nSPS) is 12.8. The maximum absolute atomic E-state index is 13.0. The zero-order valence-electron chi connectivity index (χ0n) is 8.20. The minimum atomic E-state index is -0.373. The van der Waals surface area contributed by atoms with E-state index >= 15 is 0 Å². The minimum Gasteiger partial charge on any atom is -0.392 e. The van der Waals surface area contributed by atoms with Gasteiger partial charge in [-0.1, -0.05) is 6.92 Å². The molecule has 0 aliphatic carbocycles. The first-order valence-electron chi connectivity index (χ1n) is 4.72. The molecule has 0 amide bonds. The predicted octanol–water partition coefficient (Wildman–Crippen LogP) is 1.08. The summed E-state index contributed by atoms with van der Waals surface area (Å²) in [5.41, 5.74) is 0.385. The molecule has 0 saturated heterocycles. The lowest BCUT2D eigenvalue weighted by Crippen LogP contribution is -2.26. The second-order valence-corrected chi connectivity index (χ2v) is 3.12. The second-order valence-electron chi connectivity index (χ2n) is 3.12. The number of halogens is 1. The maximum Gasteiger partial charge on any atom is 0.146 e. The Morgan fingerprint density at radius 2 is 2.43 bits per heavy atom. The SMILES string of the molecule is CCC(O)CNCc1ncccc1F. The summed E-state index contributed by atoms with van der Waals surface area (Å²) < 4.78 is 13.0. The molecule has 14 heavy (non-hydrogen) atoms. The molecule has 1 aromatic rings. The van der Waals surface area contributed by atoms with Crippen molar-refractivity contribution in [3.63, 3.8) is 0 Å². The molecule has 1 heterocycles. The molecule has 0 fully saturated rings. The number of aliphatic hydroxyl groups excluding tert-OH is 1. The van der Waals surface area contributed by atoms with Gasteiger partial charge in [-0.2, -0.15) is 0 Å². The van der Waals surface area contributed by atoms with E-state index in [1.54, 1.807) is 12.3 Å². The van der Waals surface area contributed by atoms with Crippen molar-refractivity contribution < 1.29 is 9.50 Å². The smallest absolute Gasteiger partial charge is 0.146 e. The van der Waals surface area contributed by atoms with Crippen LogP contribution in [-0.2, 0) is 6.54 Å². The number of hydrogen-bond donors (Lipinski definition) is 2. The highest BCUT2D eigenvalue weighted by molar-refractivity contribution is 5.06. The van der Waals surface area contributed by atoms with Crippen LogP contribution in [-0.4, -0.2) is 22.7 Å². The first kappa shape index (κ1) is 11.1. The molecule has 4 heteroatoms. The van der Waals surface area contributed by atoms with Gasteiger partial charge in [0.05, 0.1) is 11.8 Å². The average molecular weight is 198 g/mol. The second kappa shape index (κ2) is 5.67. The molecule has 0 bridgehead atoms. The van der Waals surface area contributed by atoms with E-state index in [0.29, 0.717) is 25.2 Å². The standard InChI is InChI=1S/C10H15FN2O/c1-2-8(14)6-12-7-10-9(11)4-3-5-13-10/h3-5,8,12,14H,2,6-7H2,1H3. The van der Waals surface area contributed by atoms with Gasteiger partial charge in [0.2, 0.25) is 0 Å². The van der Waals surface area contributed by atoms with E-state index in [1.165, 1.54) is 6.07 Å². The molecular formula is C10H15FN2O. The molecule has 0 saturated carbocycles. The number of nitrogens with zero attached hydrogens (tertiary/aromatic N) is 1. The fraction of sp³-hybridized carbons (Fsp3) is 0.500. The van der Waals surface area contributed by atoms with E-state index in [0.717, 1.165) is 0 Å². The third-order valence-electron chi connectivity index (χ3n) is 1.98. The molecule has 0 radical (unpaired) electrons. The summed E-state index contributed by atoms with van der Waals surface area (Å²) in [6.45, 7) is 2.71. The van der Waals surface area contributed by atoms with Gasteiger partial charge in [-0.05, 0) is 18.6 Å². The van der Waals surface area contributed by atoms with Crippen LogP contribution in [0, 0.1) is 5.82 Å². The van der Waals surface area contributed by atoms with Gasteiger partial charge in [-0.25, -0.2) is 4.39 Å². The lowest BCUT2D eigenvalue weighted by atomic mass is 10.2. The highest BCUT2D eigenvalue weighted by Crippen LogP contribution is 2.01. The van der Waals surface area contributed by atoms with Crippen molar-refractivity contribution >= 4 is 0 Å². The molecule has 3 nitrogen and oxygen atoms in total. The van der Waals surface area contributed by atoms with Gasteiger partial charge in [-0.15, -0.1) is 0 Å². The van der Waals surface area contributed by atoms with Crippen molar-refractivity contribution in [1.82, 2.24) is 10.3 Å². The molecule has 0 aliphatic heterocycles. The molecule has 1 rings (SSSR count). The Kier molecular flexibility index (Phi) is 4.49. The summed E-state index contributed by atoms with van der Waals surface area (Å²) >= 11 is 0. The van der Waals surface area contributed by atoms with Crippen LogP contribution in [0.3, 0.4) is 0 Å². The Morgan fingerprint density at radius 1 is 1.64 bits per heavy atom. The van der Waals surface area contributed by atoms with Gasteiger partial charge >= 0.3 is 0 Å². The molecule has 78 valence electrons. The van der Waals surface area contributed by atoms with Crippen LogP contribution in [0.1, 0.15) is 19.0 Å². The lowest BCUT2D eigenvalue weighted by molar-refractivity contribution is 0.167. The van der Waals surface area contributed by atoms with Gasteiger partial charge in [0.1, 0.15) is 5.82 Å². The molecule has 0 spiro atoms. The van der Waals surface area contributed by atoms with Crippen LogP contribution in [0.15, 0.2) is 18.3 Å². The van der Waals surface area contributed by atoms with E-state index in [1.807, 2.05) is 6.92 Å². The number of nitrogens with one attached hydrogen (secondary N) is 1. The zero-order chi connectivity index (χ0) is 10.4. The fourth-order valence-electron chi connectivity index (χ4n) is 1.05. The molecule has 1 unspecified atom stereocenters. The van der Waals surface area contributed by atoms with Crippen molar-refractivity contribution in [2.45, 2.75) is 26.0 Å². The van der Waals surface area contributed by atoms with E-state index in [9.17, 15) is 9.50 Å². The number of aliphatic hydroxyl groups is 1. The van der Waals surface area contributed by atoms with Crippen molar-refractivity contribution in [2.75, 3.05) is 6.54 Å². The molecule has 1 aromatic heterocycles. The van der Waals surface area contributed by atoms with Gasteiger partial charge in [-0.3, -0.25) is 4.98 Å². The van der Waals surface area contributed by atoms with Gasteiger partial charge in [0, 0.05) is 19.3 Å². The minimum absolute atomic E-state index is 0.314. The molecule has 0 aliphatic rings. The topological polar surface area (TPSA) is 45.1 Å². The highest BCUT2D eigenvalue weighted by atomic mass is 19.1. The molecule has 2 N–H and O–H groups in total. The molecular weight excluding hydrogens is 183 g/mol. The van der Waals surface area contributed by atoms with E-state index < -0.39 is 0 Å². The van der Waals surface area contributed by atoms with Crippen LogP contribution in [0.25, 0.3) is 0 Å². The monoisotopic (exact) mass is 198 g/mol. The third kappa shape index (κ3) is 3.40. The number of aromatic nitrogens is 1. The van der Waals surface area contributed by atoms with Crippen LogP contribution < -0.4 is 5.32 Å². The van der Waals surface area contributed by atoms with E-state index in [2.05, 4.69) is 10.3 Å². The van der Waals surface area contributed by atoms with Crippen molar-refractivity contribution in [1.29, 1.82) is 0 Å². The summed E-state index contributed by atoms with van der Waals surface area (Å²) in [5.74, 6) is -0.314. The van der Waals surface area contributed by atoms with Crippen molar-refractivity contribution in [3.8, 4) is 0 Å². The summed E-state index contributed by atoms with van der Waals surface area (Å²) in [6, 6.07) is 2.93. The number of rotatable bonds is 5. The summed E-state index contributed by atoms with van der Waals surface area (Å²) in [4.78, 5) is 3.88. The lowest BCUT2D eigenvalue weighted by Gasteiger charge is -2.08. The molecule has 0 aromatic carbocycles. The summed E-state index contributed by atoms with van der Waals surface area (Å²) in [6.07, 6.45) is 1.87. The summed E-state index contributed by atoms with van der Waals surface area (Å²) in [5, 5.41) is 12.2. The third-order valence-corrected chi connectivity index (χ3v) is 1.98.